The smallest absolute Gasteiger partial charge is 0.417 e. The number of carbonyl (C=O) groups excluding carboxylic acids is 3. The second kappa shape index (κ2) is 13.0. The maximum Gasteiger partial charge on any atom is 0.417 e. The van der Waals surface area contributed by atoms with Crippen molar-refractivity contribution in [1.82, 2.24) is 20.1 Å². The van der Waals surface area contributed by atoms with Gasteiger partial charge in [0.05, 0.1) is 21.7 Å². The van der Waals surface area contributed by atoms with E-state index in [0.29, 0.717) is 25.3 Å². The lowest BCUT2D eigenvalue weighted by molar-refractivity contribution is -0.143. The van der Waals surface area contributed by atoms with Crippen molar-refractivity contribution in [3.63, 3.8) is 0 Å². The number of nitrogens with one attached hydrogen (secondary N) is 2. The highest BCUT2D eigenvalue weighted by molar-refractivity contribution is 9.13. The maximum atomic E-state index is 12.8. The number of hydrogen-bond acceptors (Lipinski definition) is 8. The number of benzene rings is 1. The molecule has 3 aromatic rings. The highest BCUT2D eigenvalue weighted by Crippen LogP contribution is 2.29. The average Bonchev–Trinajstić information content (AvgIpc) is 3.16. The lowest BCUT2D eigenvalue weighted by atomic mass is 10.2. The minimum absolute atomic E-state index is 0.0554. The molecule has 37 heavy (non-hydrogen) atoms. The molecular formula is C23H23Br2ClN6O5. The summed E-state index contributed by atoms with van der Waals surface area (Å²) in [7, 11) is 3.11. The zero-order valence-corrected chi connectivity index (χ0v) is 24.0. The van der Waals surface area contributed by atoms with E-state index in [-0.39, 0.29) is 31.4 Å². The Morgan fingerprint density at radius 3 is 2.65 bits per heavy atom. The number of likely N-dealkylation sites (N-methyl/N-ethyl adjacent to an activating group) is 1. The van der Waals surface area contributed by atoms with Gasteiger partial charge < -0.3 is 20.1 Å². The molecule has 14 heteroatoms. The zero-order chi connectivity index (χ0) is 27.1. The first-order chi connectivity index (χ1) is 17.6. The van der Waals surface area contributed by atoms with E-state index in [0.717, 1.165) is 5.56 Å². The van der Waals surface area contributed by atoms with Crippen LogP contribution in [0.3, 0.4) is 0 Å². The molecule has 2 N–H and O–H groups in total. The Morgan fingerprint density at radius 1 is 1.19 bits per heavy atom. The Morgan fingerprint density at radius 2 is 1.95 bits per heavy atom. The Hall–Kier alpha value is -3.00. The molecule has 0 radical (unpaired) electrons. The first-order valence-corrected chi connectivity index (χ1v) is 12.7. The quantitative estimate of drug-likeness (QED) is 0.322. The summed E-state index contributed by atoms with van der Waals surface area (Å²) < 4.78 is 12.6. The molecule has 11 nitrogen and oxygen atoms in total. The van der Waals surface area contributed by atoms with E-state index in [4.69, 9.17) is 21.1 Å². The standard InChI is InChI=1S/C23H23Br2ClN6O5/c1-13-6-7-16(15(26)9-13)29-22(34)19-18(24)20(25)32(30-19)12-37-23(35)31(3)21-14(5-4-8-28-21)11-36-17(33)10-27-2/h4-9,27H,10-12H2,1-3H3,(H,29,34). The first kappa shape index (κ1) is 28.6. The number of aromatic nitrogens is 3. The molecule has 0 spiro atoms. The van der Waals surface area contributed by atoms with Gasteiger partial charge in [-0.2, -0.15) is 5.10 Å². The molecule has 0 saturated heterocycles. The number of nitrogens with zero attached hydrogens (tertiary/aromatic N) is 4. The van der Waals surface area contributed by atoms with Crippen LogP contribution in [0.1, 0.15) is 21.6 Å². The van der Waals surface area contributed by atoms with Crippen LogP contribution in [-0.4, -0.2) is 53.4 Å². The molecular weight excluding hydrogens is 636 g/mol. The van der Waals surface area contributed by atoms with Crippen LogP contribution in [0.5, 0.6) is 0 Å². The van der Waals surface area contributed by atoms with Crippen molar-refractivity contribution in [2.45, 2.75) is 20.3 Å². The molecule has 0 aliphatic carbocycles. The van der Waals surface area contributed by atoms with Gasteiger partial charge in [0.15, 0.2) is 12.4 Å². The molecule has 3 rings (SSSR count). The van der Waals surface area contributed by atoms with Crippen LogP contribution >= 0.6 is 43.5 Å². The van der Waals surface area contributed by atoms with E-state index in [9.17, 15) is 14.4 Å². The number of aryl methyl sites for hydroxylation is 1. The third-order valence-corrected chi connectivity index (χ3v) is 7.31. The van der Waals surface area contributed by atoms with Crippen LogP contribution < -0.4 is 15.5 Å². The minimum atomic E-state index is -0.738. The van der Waals surface area contributed by atoms with Crippen LogP contribution in [0.4, 0.5) is 16.3 Å². The summed E-state index contributed by atoms with van der Waals surface area (Å²) in [5.41, 5.74) is 1.97. The largest absolute Gasteiger partial charge is 0.460 e. The Kier molecular flexibility index (Phi) is 10.0. The lowest BCUT2D eigenvalue weighted by Gasteiger charge is -2.19. The Bertz CT molecular complexity index is 1320. The van der Waals surface area contributed by atoms with Gasteiger partial charge in [0, 0.05) is 18.8 Å². The van der Waals surface area contributed by atoms with E-state index < -0.39 is 18.0 Å². The van der Waals surface area contributed by atoms with Gasteiger partial charge in [-0.15, -0.1) is 0 Å². The molecule has 0 fully saturated rings. The first-order valence-electron chi connectivity index (χ1n) is 10.8. The summed E-state index contributed by atoms with van der Waals surface area (Å²) in [5, 5.41) is 10.0. The van der Waals surface area contributed by atoms with Crippen molar-refractivity contribution >= 4 is 72.9 Å². The van der Waals surface area contributed by atoms with Gasteiger partial charge in [0.2, 0.25) is 0 Å². The van der Waals surface area contributed by atoms with E-state index in [1.165, 1.54) is 22.8 Å². The van der Waals surface area contributed by atoms with E-state index in [1.807, 2.05) is 13.0 Å². The van der Waals surface area contributed by atoms with Gasteiger partial charge in [-0.3, -0.25) is 14.5 Å². The number of pyridine rings is 1. The molecule has 0 unspecified atom stereocenters. The van der Waals surface area contributed by atoms with E-state index in [2.05, 4.69) is 52.6 Å². The Labute approximate surface area is 234 Å². The summed E-state index contributed by atoms with van der Waals surface area (Å²) in [4.78, 5) is 42.6. The lowest BCUT2D eigenvalue weighted by Crippen LogP contribution is -2.30. The molecule has 2 heterocycles. The third kappa shape index (κ3) is 7.28. The van der Waals surface area contributed by atoms with Gasteiger partial charge >= 0.3 is 12.1 Å². The van der Waals surface area contributed by atoms with Gasteiger partial charge in [0.25, 0.3) is 5.91 Å². The molecule has 196 valence electrons. The van der Waals surface area contributed by atoms with Gasteiger partial charge in [-0.1, -0.05) is 23.7 Å². The average molecular weight is 659 g/mol. The van der Waals surface area contributed by atoms with Crippen molar-refractivity contribution in [3.8, 4) is 0 Å². The van der Waals surface area contributed by atoms with Gasteiger partial charge in [-0.25, -0.2) is 14.5 Å². The summed E-state index contributed by atoms with van der Waals surface area (Å²) in [5.74, 6) is -0.687. The molecule has 1 aromatic carbocycles. The number of rotatable bonds is 9. The monoisotopic (exact) mass is 656 g/mol. The minimum Gasteiger partial charge on any atom is -0.460 e. The predicted octanol–water partition coefficient (Wildman–Crippen LogP) is 4.51. The van der Waals surface area contributed by atoms with Gasteiger partial charge in [0.1, 0.15) is 17.0 Å². The number of ether oxygens (including phenoxy) is 2. The topological polar surface area (TPSA) is 128 Å². The molecule has 0 saturated carbocycles. The molecule has 0 aliphatic heterocycles. The Balaban J connectivity index is 1.67. The van der Waals surface area contributed by atoms with Crippen molar-refractivity contribution in [2.24, 2.45) is 0 Å². The number of anilines is 2. The van der Waals surface area contributed by atoms with Crippen molar-refractivity contribution in [1.29, 1.82) is 0 Å². The fourth-order valence-corrected chi connectivity index (χ4v) is 4.17. The summed E-state index contributed by atoms with van der Waals surface area (Å²) in [6.45, 7) is 1.57. The van der Waals surface area contributed by atoms with Crippen LogP contribution in [0.15, 0.2) is 45.6 Å². The predicted molar refractivity (Wildman–Crippen MR) is 145 cm³/mol. The molecule has 0 bridgehead atoms. The second-order valence-corrected chi connectivity index (χ2v) is 9.62. The van der Waals surface area contributed by atoms with Gasteiger partial charge in [-0.05, 0) is 69.6 Å². The third-order valence-electron chi connectivity index (χ3n) is 4.90. The number of hydrogen-bond donors (Lipinski definition) is 2. The second-order valence-electron chi connectivity index (χ2n) is 7.67. The fourth-order valence-electron chi connectivity index (χ4n) is 3.05. The van der Waals surface area contributed by atoms with E-state index in [1.54, 1.807) is 31.3 Å². The van der Waals surface area contributed by atoms with Crippen molar-refractivity contribution in [3.05, 3.63) is 67.4 Å². The highest BCUT2D eigenvalue weighted by atomic mass is 79.9. The molecule has 0 atom stereocenters. The van der Waals surface area contributed by atoms with Crippen molar-refractivity contribution in [2.75, 3.05) is 30.9 Å². The van der Waals surface area contributed by atoms with Crippen LogP contribution in [0.25, 0.3) is 0 Å². The number of esters is 1. The summed E-state index contributed by atoms with van der Waals surface area (Å²) >= 11 is 12.9. The van der Waals surface area contributed by atoms with Crippen LogP contribution in [0, 0.1) is 6.92 Å². The molecule has 0 aliphatic rings. The maximum absolute atomic E-state index is 12.8. The summed E-state index contributed by atoms with van der Waals surface area (Å²) in [6, 6.07) is 8.60. The van der Waals surface area contributed by atoms with Crippen LogP contribution in [0.2, 0.25) is 5.02 Å². The number of carbonyl (C=O) groups is 3. The van der Waals surface area contributed by atoms with E-state index >= 15 is 0 Å². The zero-order valence-electron chi connectivity index (χ0n) is 20.0. The molecule has 2 amide bonds. The van der Waals surface area contributed by atoms with Crippen molar-refractivity contribution < 1.29 is 23.9 Å². The highest BCUT2D eigenvalue weighted by Gasteiger charge is 2.23. The SMILES string of the molecule is CNCC(=O)OCc1cccnc1N(C)C(=O)OCn1nc(C(=O)Nc2ccc(C)cc2Cl)c(Br)c1Br. The normalized spacial score (nSPS) is 10.6. The van der Waals surface area contributed by atoms with Crippen LogP contribution in [-0.2, 0) is 27.6 Å². The fraction of sp³-hybridized carbons (Fsp3) is 0.261. The summed E-state index contributed by atoms with van der Waals surface area (Å²) in [6.07, 6.45) is 0.766. The molecule has 2 aromatic heterocycles. The number of halogens is 3. The number of amides is 2.